The van der Waals surface area contributed by atoms with E-state index in [0.29, 0.717) is 17.7 Å². The van der Waals surface area contributed by atoms with Crippen molar-refractivity contribution >= 4 is 50.0 Å². The third-order valence-electron chi connectivity index (χ3n) is 3.57. The molecule has 9 heteroatoms. The van der Waals surface area contributed by atoms with E-state index in [-0.39, 0.29) is 23.0 Å². The number of carbonyl (C=O) groups excluding carboxylic acids is 1. The van der Waals surface area contributed by atoms with Crippen molar-refractivity contribution in [1.29, 1.82) is 0 Å². The summed E-state index contributed by atoms with van der Waals surface area (Å²) in [6.07, 6.45) is 0.410. The fourth-order valence-electron chi connectivity index (χ4n) is 2.35. The SMILES string of the molecule is O=C(NCCc1ccccc1O)C1=NS(=O)(=O)c2cc(I)ccc2N1. The molecule has 0 spiro atoms. The zero-order valence-corrected chi connectivity index (χ0v) is 15.8. The van der Waals surface area contributed by atoms with E-state index in [1.807, 2.05) is 22.6 Å². The summed E-state index contributed by atoms with van der Waals surface area (Å²) in [4.78, 5) is 12.3. The molecule has 1 heterocycles. The number of hydrogen-bond acceptors (Lipinski definition) is 5. The number of nitrogens with zero attached hydrogens (tertiary/aromatic N) is 1. The first-order chi connectivity index (χ1) is 11.9. The Morgan fingerprint density at radius 3 is 2.76 bits per heavy atom. The summed E-state index contributed by atoms with van der Waals surface area (Å²) in [5, 5.41) is 15.0. The molecule has 0 radical (unpaired) electrons. The number of sulfonamides is 1. The first-order valence-corrected chi connectivity index (χ1v) is 9.85. The number of phenols is 1. The highest BCUT2D eigenvalue weighted by atomic mass is 127. The molecule has 25 heavy (non-hydrogen) atoms. The second-order valence-corrected chi connectivity index (χ2v) is 8.13. The summed E-state index contributed by atoms with van der Waals surface area (Å²) in [6, 6.07) is 11.6. The molecular formula is C16H14IN3O4S. The molecule has 3 rings (SSSR count). The molecule has 3 N–H and O–H groups in total. The van der Waals surface area contributed by atoms with E-state index >= 15 is 0 Å². The Kier molecular flexibility index (Phi) is 4.95. The van der Waals surface area contributed by atoms with Gasteiger partial charge in [0.15, 0.2) is 0 Å². The Labute approximate surface area is 158 Å². The predicted octanol–water partition coefficient (Wildman–Crippen LogP) is 1.87. The first kappa shape index (κ1) is 17.7. The minimum Gasteiger partial charge on any atom is -0.508 e. The van der Waals surface area contributed by atoms with Gasteiger partial charge in [0.25, 0.3) is 15.9 Å². The summed E-state index contributed by atoms with van der Waals surface area (Å²) in [6.45, 7) is 0.233. The maximum Gasteiger partial charge on any atom is 0.287 e. The summed E-state index contributed by atoms with van der Waals surface area (Å²) < 4.78 is 28.8. The average molecular weight is 471 g/mol. The fourth-order valence-corrected chi connectivity index (χ4v) is 4.19. The average Bonchev–Trinajstić information content (AvgIpc) is 2.56. The molecule has 0 saturated carbocycles. The summed E-state index contributed by atoms with van der Waals surface area (Å²) in [5.41, 5.74) is 1.01. The zero-order valence-electron chi connectivity index (χ0n) is 12.9. The van der Waals surface area contributed by atoms with Crippen LogP contribution in [0.25, 0.3) is 0 Å². The lowest BCUT2D eigenvalue weighted by atomic mass is 10.1. The highest BCUT2D eigenvalue weighted by Crippen LogP contribution is 2.28. The Hall–Kier alpha value is -2.14. The number of phenolic OH excluding ortho intramolecular Hbond substituents is 1. The molecule has 2 aromatic rings. The third kappa shape index (κ3) is 3.93. The number of carbonyl (C=O) groups is 1. The van der Waals surface area contributed by atoms with Crippen molar-refractivity contribution in [2.45, 2.75) is 11.3 Å². The van der Waals surface area contributed by atoms with Crippen LogP contribution in [0.4, 0.5) is 5.69 Å². The zero-order chi connectivity index (χ0) is 18.0. The van der Waals surface area contributed by atoms with Gasteiger partial charge in [0.2, 0.25) is 5.84 Å². The Bertz CT molecular complexity index is 973. The molecule has 130 valence electrons. The van der Waals surface area contributed by atoms with Gasteiger partial charge in [0, 0.05) is 10.1 Å². The van der Waals surface area contributed by atoms with Gasteiger partial charge >= 0.3 is 0 Å². The lowest BCUT2D eigenvalue weighted by Crippen LogP contribution is -2.39. The van der Waals surface area contributed by atoms with Crippen molar-refractivity contribution in [2.75, 3.05) is 11.9 Å². The molecule has 0 aliphatic carbocycles. The molecule has 1 amide bonds. The number of amides is 1. The van der Waals surface area contributed by atoms with Crippen LogP contribution in [0.2, 0.25) is 0 Å². The Balaban J connectivity index is 1.70. The predicted molar refractivity (Wildman–Crippen MR) is 102 cm³/mol. The van der Waals surface area contributed by atoms with Crippen molar-refractivity contribution in [3.8, 4) is 5.75 Å². The summed E-state index contributed by atoms with van der Waals surface area (Å²) >= 11 is 2.01. The van der Waals surface area contributed by atoms with Crippen LogP contribution in [0.3, 0.4) is 0 Å². The minimum atomic E-state index is -3.92. The van der Waals surface area contributed by atoms with E-state index in [0.717, 1.165) is 3.57 Å². The molecule has 0 unspecified atom stereocenters. The number of aromatic hydroxyl groups is 1. The maximum absolute atomic E-state index is 12.2. The van der Waals surface area contributed by atoms with Crippen LogP contribution in [0, 0.1) is 3.57 Å². The maximum atomic E-state index is 12.2. The van der Waals surface area contributed by atoms with Gasteiger partial charge in [-0.1, -0.05) is 18.2 Å². The van der Waals surface area contributed by atoms with Gasteiger partial charge < -0.3 is 15.7 Å². The Morgan fingerprint density at radius 1 is 1.24 bits per heavy atom. The minimum absolute atomic E-state index is 0.0464. The van der Waals surface area contributed by atoms with E-state index in [1.54, 1.807) is 36.4 Å². The number of para-hydroxylation sites is 1. The van der Waals surface area contributed by atoms with Crippen LogP contribution in [-0.4, -0.2) is 31.8 Å². The van der Waals surface area contributed by atoms with Gasteiger partial charge in [-0.2, -0.15) is 8.42 Å². The monoisotopic (exact) mass is 471 g/mol. The van der Waals surface area contributed by atoms with E-state index in [1.165, 1.54) is 6.07 Å². The molecule has 7 nitrogen and oxygen atoms in total. The van der Waals surface area contributed by atoms with Crippen LogP contribution in [0.1, 0.15) is 5.56 Å². The summed E-state index contributed by atoms with van der Waals surface area (Å²) in [7, 11) is -3.92. The van der Waals surface area contributed by atoms with Crippen LogP contribution < -0.4 is 10.6 Å². The first-order valence-electron chi connectivity index (χ1n) is 7.33. The van der Waals surface area contributed by atoms with Crippen LogP contribution in [-0.2, 0) is 21.2 Å². The van der Waals surface area contributed by atoms with E-state index < -0.39 is 15.9 Å². The molecular weight excluding hydrogens is 457 g/mol. The normalized spacial score (nSPS) is 14.8. The molecule has 1 aliphatic rings. The molecule has 0 aromatic heterocycles. The standard InChI is InChI=1S/C16H14IN3O4S/c17-11-5-6-12-14(9-11)25(23,24)20-15(19-12)16(22)18-8-7-10-3-1-2-4-13(10)21/h1-6,9,21H,7-8H2,(H,18,22)(H,19,20). The number of anilines is 1. The van der Waals surface area contributed by atoms with Gasteiger partial charge in [-0.3, -0.25) is 4.79 Å². The largest absolute Gasteiger partial charge is 0.508 e. The van der Waals surface area contributed by atoms with Crippen LogP contribution in [0.15, 0.2) is 51.8 Å². The molecule has 0 fully saturated rings. The lowest BCUT2D eigenvalue weighted by Gasteiger charge is -2.18. The molecule has 0 saturated heterocycles. The summed E-state index contributed by atoms with van der Waals surface area (Å²) in [5.74, 6) is -0.745. The van der Waals surface area contributed by atoms with Crippen LogP contribution in [0.5, 0.6) is 5.75 Å². The number of fused-ring (bicyclic) bond motifs is 1. The molecule has 0 atom stereocenters. The van der Waals surface area contributed by atoms with E-state index in [4.69, 9.17) is 0 Å². The van der Waals surface area contributed by atoms with Gasteiger partial charge in [-0.15, -0.1) is 4.40 Å². The quantitative estimate of drug-likeness (QED) is 0.591. The topological polar surface area (TPSA) is 108 Å². The highest BCUT2D eigenvalue weighted by molar-refractivity contribution is 14.1. The van der Waals surface area contributed by atoms with E-state index in [9.17, 15) is 18.3 Å². The number of rotatable bonds is 4. The lowest BCUT2D eigenvalue weighted by molar-refractivity contribution is -0.114. The van der Waals surface area contributed by atoms with Gasteiger partial charge in [0.05, 0.1) is 5.69 Å². The second-order valence-electron chi connectivity index (χ2n) is 5.32. The number of amidine groups is 1. The molecule has 2 aromatic carbocycles. The van der Waals surface area contributed by atoms with Gasteiger partial charge in [-0.05, 0) is 58.8 Å². The van der Waals surface area contributed by atoms with Crippen molar-refractivity contribution in [2.24, 2.45) is 4.40 Å². The second kappa shape index (κ2) is 7.00. The Morgan fingerprint density at radius 2 is 2.00 bits per heavy atom. The molecule has 1 aliphatic heterocycles. The van der Waals surface area contributed by atoms with E-state index in [2.05, 4.69) is 15.0 Å². The smallest absolute Gasteiger partial charge is 0.287 e. The van der Waals surface area contributed by atoms with Gasteiger partial charge in [0.1, 0.15) is 10.6 Å². The van der Waals surface area contributed by atoms with Crippen molar-refractivity contribution in [1.82, 2.24) is 5.32 Å². The fraction of sp³-hybridized carbons (Fsp3) is 0.125. The number of benzene rings is 2. The van der Waals surface area contributed by atoms with Crippen molar-refractivity contribution < 1.29 is 18.3 Å². The van der Waals surface area contributed by atoms with Crippen LogP contribution >= 0.6 is 22.6 Å². The molecule has 0 bridgehead atoms. The number of nitrogens with one attached hydrogen (secondary N) is 2. The number of halogens is 1. The highest BCUT2D eigenvalue weighted by Gasteiger charge is 2.28. The van der Waals surface area contributed by atoms with Crippen molar-refractivity contribution in [3.63, 3.8) is 0 Å². The number of hydrogen-bond donors (Lipinski definition) is 3. The van der Waals surface area contributed by atoms with Gasteiger partial charge in [-0.25, -0.2) is 0 Å². The third-order valence-corrected chi connectivity index (χ3v) is 5.56. The van der Waals surface area contributed by atoms with Crippen molar-refractivity contribution in [3.05, 3.63) is 51.6 Å².